The summed E-state index contributed by atoms with van der Waals surface area (Å²) in [5.74, 6) is 1.90. The molecule has 1 saturated heterocycles. The smallest absolute Gasteiger partial charge is 0.122 e. The van der Waals surface area contributed by atoms with E-state index in [9.17, 15) is 0 Å². The molecule has 0 bridgehead atoms. The van der Waals surface area contributed by atoms with Gasteiger partial charge in [0.2, 0.25) is 0 Å². The molecule has 18 heavy (non-hydrogen) atoms. The molecule has 3 unspecified atom stereocenters. The van der Waals surface area contributed by atoms with Crippen LogP contribution in [0.1, 0.15) is 33.0 Å². The number of piperazine rings is 1. The maximum Gasteiger partial charge on any atom is 0.122 e. The second-order valence-electron chi connectivity index (χ2n) is 5.63. The van der Waals surface area contributed by atoms with Gasteiger partial charge in [-0.15, -0.1) is 0 Å². The highest BCUT2D eigenvalue weighted by Gasteiger charge is 2.28. The van der Waals surface area contributed by atoms with Crippen LogP contribution in [0.15, 0.2) is 12.4 Å². The number of rotatable bonds is 4. The zero-order chi connectivity index (χ0) is 13.1. The summed E-state index contributed by atoms with van der Waals surface area (Å²) in [4.78, 5) is 6.99. The molecule has 3 atom stereocenters. The largest absolute Gasteiger partial charge is 0.337 e. The third-order valence-electron chi connectivity index (χ3n) is 4.33. The Kier molecular flexibility index (Phi) is 4.40. The van der Waals surface area contributed by atoms with Crippen molar-refractivity contribution in [3.63, 3.8) is 0 Å². The fourth-order valence-corrected chi connectivity index (χ4v) is 2.56. The first-order valence-corrected chi connectivity index (χ1v) is 7.05. The Balaban J connectivity index is 2.00. The van der Waals surface area contributed by atoms with E-state index in [1.54, 1.807) is 0 Å². The number of nitrogens with zero attached hydrogens (tertiary/aromatic N) is 3. The van der Waals surface area contributed by atoms with E-state index >= 15 is 0 Å². The minimum atomic E-state index is 0.585. The monoisotopic (exact) mass is 250 g/mol. The number of imidazole rings is 1. The number of aromatic nitrogens is 2. The van der Waals surface area contributed by atoms with E-state index in [1.165, 1.54) is 6.42 Å². The van der Waals surface area contributed by atoms with Crippen molar-refractivity contribution in [2.45, 2.75) is 45.8 Å². The van der Waals surface area contributed by atoms with Crippen LogP contribution in [-0.4, -0.2) is 39.6 Å². The lowest BCUT2D eigenvalue weighted by atomic mass is 9.96. The molecule has 1 aliphatic heterocycles. The highest BCUT2D eigenvalue weighted by molar-refractivity contribution is 4.94. The number of aryl methyl sites for hydroxylation is 1. The van der Waals surface area contributed by atoms with Gasteiger partial charge >= 0.3 is 0 Å². The number of hydrogen-bond donors (Lipinski definition) is 1. The Morgan fingerprint density at radius 1 is 1.56 bits per heavy atom. The highest BCUT2D eigenvalue weighted by Crippen LogP contribution is 2.17. The molecule has 1 aromatic heterocycles. The number of nitrogens with one attached hydrogen (secondary N) is 1. The van der Waals surface area contributed by atoms with Gasteiger partial charge in [-0.3, -0.25) is 4.90 Å². The summed E-state index contributed by atoms with van der Waals surface area (Å²) in [5, 5.41) is 3.67. The fourth-order valence-electron chi connectivity index (χ4n) is 2.56. The third-order valence-corrected chi connectivity index (χ3v) is 4.33. The molecule has 1 N–H and O–H groups in total. The van der Waals surface area contributed by atoms with Crippen LogP contribution in [-0.2, 0) is 13.6 Å². The summed E-state index contributed by atoms with van der Waals surface area (Å²) in [6.07, 6.45) is 5.14. The summed E-state index contributed by atoms with van der Waals surface area (Å²) >= 11 is 0. The average Bonchev–Trinajstić information content (AvgIpc) is 2.77. The minimum Gasteiger partial charge on any atom is -0.337 e. The zero-order valence-corrected chi connectivity index (χ0v) is 12.1. The molecule has 0 radical (unpaired) electrons. The Bertz CT molecular complexity index is 374. The lowest BCUT2D eigenvalue weighted by molar-refractivity contribution is 0.108. The molecule has 2 rings (SSSR count). The van der Waals surface area contributed by atoms with Gasteiger partial charge in [0.1, 0.15) is 5.82 Å². The van der Waals surface area contributed by atoms with Crippen molar-refractivity contribution in [2.75, 3.05) is 13.1 Å². The van der Waals surface area contributed by atoms with Gasteiger partial charge in [-0.05, 0) is 12.8 Å². The fraction of sp³-hybridized carbons (Fsp3) is 0.786. The summed E-state index contributed by atoms with van der Waals surface area (Å²) < 4.78 is 2.12. The van der Waals surface area contributed by atoms with Crippen LogP contribution in [0, 0.1) is 5.92 Å². The Morgan fingerprint density at radius 3 is 2.94 bits per heavy atom. The van der Waals surface area contributed by atoms with Gasteiger partial charge in [0.25, 0.3) is 0 Å². The quantitative estimate of drug-likeness (QED) is 0.881. The lowest BCUT2D eigenvalue weighted by Gasteiger charge is -2.40. The van der Waals surface area contributed by atoms with Gasteiger partial charge < -0.3 is 9.88 Å². The number of hydrogen-bond acceptors (Lipinski definition) is 3. The first-order valence-electron chi connectivity index (χ1n) is 7.05. The van der Waals surface area contributed by atoms with E-state index in [-0.39, 0.29) is 0 Å². The van der Waals surface area contributed by atoms with Crippen LogP contribution >= 0.6 is 0 Å². The predicted molar refractivity (Wildman–Crippen MR) is 74.3 cm³/mol. The SMILES string of the molecule is CCC(C)C1CN(Cc2nccn2C)C(C)CN1. The second kappa shape index (κ2) is 5.85. The first-order chi connectivity index (χ1) is 8.61. The van der Waals surface area contributed by atoms with Crippen LogP contribution in [0.5, 0.6) is 0 Å². The topological polar surface area (TPSA) is 33.1 Å². The van der Waals surface area contributed by atoms with Crippen molar-refractivity contribution in [2.24, 2.45) is 13.0 Å². The van der Waals surface area contributed by atoms with E-state index in [4.69, 9.17) is 0 Å². The Morgan fingerprint density at radius 2 is 2.33 bits per heavy atom. The molecule has 102 valence electrons. The summed E-state index contributed by atoms with van der Waals surface area (Å²) in [7, 11) is 2.07. The predicted octanol–water partition coefficient (Wildman–Crippen LogP) is 1.63. The van der Waals surface area contributed by atoms with E-state index in [2.05, 4.69) is 47.6 Å². The second-order valence-corrected chi connectivity index (χ2v) is 5.63. The van der Waals surface area contributed by atoms with E-state index < -0.39 is 0 Å². The molecule has 0 saturated carbocycles. The molecule has 4 heteroatoms. The van der Waals surface area contributed by atoms with Gasteiger partial charge in [0, 0.05) is 44.6 Å². The first kappa shape index (κ1) is 13.6. The third kappa shape index (κ3) is 2.93. The van der Waals surface area contributed by atoms with Crippen molar-refractivity contribution in [1.29, 1.82) is 0 Å². The van der Waals surface area contributed by atoms with Gasteiger partial charge in [-0.1, -0.05) is 20.3 Å². The molecular formula is C14H26N4. The molecule has 0 aliphatic carbocycles. The highest BCUT2D eigenvalue weighted by atomic mass is 15.2. The van der Waals surface area contributed by atoms with Gasteiger partial charge in [0.15, 0.2) is 0 Å². The summed E-state index contributed by atoms with van der Waals surface area (Å²) in [6.45, 7) is 10.1. The van der Waals surface area contributed by atoms with Crippen LogP contribution in [0.2, 0.25) is 0 Å². The van der Waals surface area contributed by atoms with E-state index in [0.29, 0.717) is 12.1 Å². The van der Waals surface area contributed by atoms with Crippen molar-refractivity contribution >= 4 is 0 Å². The zero-order valence-electron chi connectivity index (χ0n) is 12.1. The molecule has 0 spiro atoms. The van der Waals surface area contributed by atoms with E-state index in [0.717, 1.165) is 31.4 Å². The molecule has 0 amide bonds. The van der Waals surface area contributed by atoms with Gasteiger partial charge in [-0.25, -0.2) is 4.98 Å². The molecule has 0 aromatic carbocycles. The van der Waals surface area contributed by atoms with Crippen molar-refractivity contribution in [1.82, 2.24) is 19.8 Å². The van der Waals surface area contributed by atoms with Crippen molar-refractivity contribution in [3.05, 3.63) is 18.2 Å². The van der Waals surface area contributed by atoms with Gasteiger partial charge in [0.05, 0.1) is 6.54 Å². The molecular weight excluding hydrogens is 224 g/mol. The standard InChI is InChI=1S/C14H26N4/c1-5-11(2)13-9-18(12(3)8-16-13)10-14-15-6-7-17(14)4/h6-7,11-13,16H,5,8-10H2,1-4H3. The van der Waals surface area contributed by atoms with Crippen LogP contribution in [0.25, 0.3) is 0 Å². The molecule has 1 aromatic rings. The minimum absolute atomic E-state index is 0.585. The molecule has 4 nitrogen and oxygen atoms in total. The summed E-state index contributed by atoms with van der Waals surface area (Å²) in [5.41, 5.74) is 0. The maximum atomic E-state index is 4.44. The molecule has 1 aliphatic rings. The van der Waals surface area contributed by atoms with Crippen LogP contribution in [0.3, 0.4) is 0 Å². The lowest BCUT2D eigenvalue weighted by Crippen LogP contribution is -2.57. The molecule has 2 heterocycles. The van der Waals surface area contributed by atoms with Gasteiger partial charge in [-0.2, -0.15) is 0 Å². The molecule has 1 fully saturated rings. The van der Waals surface area contributed by atoms with Crippen LogP contribution < -0.4 is 5.32 Å². The van der Waals surface area contributed by atoms with Crippen molar-refractivity contribution < 1.29 is 0 Å². The summed E-state index contributed by atoms with van der Waals surface area (Å²) in [6, 6.07) is 1.20. The Labute approximate surface area is 110 Å². The maximum absolute atomic E-state index is 4.44. The normalized spacial score (nSPS) is 27.3. The van der Waals surface area contributed by atoms with Crippen molar-refractivity contribution in [3.8, 4) is 0 Å². The van der Waals surface area contributed by atoms with Crippen LogP contribution in [0.4, 0.5) is 0 Å². The average molecular weight is 250 g/mol. The van der Waals surface area contributed by atoms with E-state index in [1.807, 2.05) is 12.4 Å². The Hall–Kier alpha value is -0.870.